The van der Waals surface area contributed by atoms with Crippen LogP contribution in [0.3, 0.4) is 0 Å². The predicted octanol–water partition coefficient (Wildman–Crippen LogP) is 0.522. The van der Waals surface area contributed by atoms with Crippen molar-refractivity contribution in [3.63, 3.8) is 0 Å². The van der Waals surface area contributed by atoms with E-state index >= 15 is 0 Å². The zero-order valence-corrected chi connectivity index (χ0v) is 11.0. The van der Waals surface area contributed by atoms with Crippen molar-refractivity contribution in [1.82, 2.24) is 4.90 Å². The number of fused-ring (bicyclic) bond motifs is 1. The van der Waals surface area contributed by atoms with Gasteiger partial charge in [-0.25, -0.2) is 8.42 Å². The van der Waals surface area contributed by atoms with E-state index in [1.807, 2.05) is 0 Å². The fourth-order valence-electron chi connectivity index (χ4n) is 1.70. The summed E-state index contributed by atoms with van der Waals surface area (Å²) in [6.07, 6.45) is 1.06. The lowest BCUT2D eigenvalue weighted by atomic mass is 10.1. The maximum atomic E-state index is 12.0. The molecule has 0 saturated heterocycles. The van der Waals surface area contributed by atoms with E-state index < -0.39 is 10.0 Å². The van der Waals surface area contributed by atoms with Crippen LogP contribution < -0.4 is 9.46 Å². The molecule has 0 atom stereocenters. The Morgan fingerprint density at radius 1 is 1.39 bits per heavy atom. The van der Waals surface area contributed by atoms with Crippen LogP contribution in [-0.2, 0) is 10.0 Å². The van der Waals surface area contributed by atoms with Gasteiger partial charge in [0.1, 0.15) is 12.4 Å². The number of carbonyl (C=O) groups excluding carboxylic acids is 1. The number of nitrogens with one attached hydrogen (secondary N) is 1. The Morgan fingerprint density at radius 3 is 2.78 bits per heavy atom. The number of hydrogen-bond donors (Lipinski definition) is 1. The molecule has 1 heterocycles. The van der Waals surface area contributed by atoms with Crippen LogP contribution in [0.25, 0.3) is 0 Å². The van der Waals surface area contributed by atoms with Crippen molar-refractivity contribution in [2.24, 2.45) is 0 Å². The van der Waals surface area contributed by atoms with Crippen molar-refractivity contribution >= 4 is 21.6 Å². The third-order valence-corrected chi connectivity index (χ3v) is 3.15. The van der Waals surface area contributed by atoms with Gasteiger partial charge < -0.3 is 9.64 Å². The number of benzene rings is 1. The topological polar surface area (TPSA) is 75.7 Å². The highest BCUT2D eigenvalue weighted by molar-refractivity contribution is 7.92. The number of hydrogen-bond acceptors (Lipinski definition) is 4. The number of ether oxygens (including phenoxy) is 1. The first kappa shape index (κ1) is 12.7. The number of carbonyl (C=O) groups is 1. The molecule has 1 aromatic rings. The Labute approximate surface area is 106 Å². The van der Waals surface area contributed by atoms with Gasteiger partial charge in [0.2, 0.25) is 10.0 Å². The molecule has 0 unspecified atom stereocenters. The molecular formula is C11H14N2O4S. The first-order chi connectivity index (χ1) is 8.37. The highest BCUT2D eigenvalue weighted by Gasteiger charge is 2.21. The summed E-state index contributed by atoms with van der Waals surface area (Å²) in [5.74, 6) is 0.294. The van der Waals surface area contributed by atoms with E-state index in [9.17, 15) is 13.2 Å². The minimum Gasteiger partial charge on any atom is -0.491 e. The van der Waals surface area contributed by atoms with Crippen LogP contribution in [0.5, 0.6) is 5.75 Å². The van der Waals surface area contributed by atoms with Gasteiger partial charge >= 0.3 is 0 Å². The van der Waals surface area contributed by atoms with E-state index in [4.69, 9.17) is 4.74 Å². The van der Waals surface area contributed by atoms with Gasteiger partial charge in [-0.15, -0.1) is 0 Å². The fourth-order valence-corrected chi connectivity index (χ4v) is 2.26. The molecule has 0 saturated carbocycles. The van der Waals surface area contributed by atoms with E-state index in [1.54, 1.807) is 19.2 Å². The zero-order valence-electron chi connectivity index (χ0n) is 10.1. The van der Waals surface area contributed by atoms with Crippen LogP contribution in [0.1, 0.15) is 10.4 Å². The van der Waals surface area contributed by atoms with Gasteiger partial charge in [0.05, 0.1) is 18.4 Å². The van der Waals surface area contributed by atoms with Crippen LogP contribution >= 0.6 is 0 Å². The lowest BCUT2D eigenvalue weighted by Crippen LogP contribution is -2.27. The number of amides is 1. The molecule has 0 fully saturated rings. The molecule has 0 radical (unpaired) electrons. The molecule has 0 bridgehead atoms. The number of rotatable bonds is 2. The summed E-state index contributed by atoms with van der Waals surface area (Å²) in [4.78, 5) is 13.6. The van der Waals surface area contributed by atoms with Crippen molar-refractivity contribution in [3.8, 4) is 5.75 Å². The van der Waals surface area contributed by atoms with Crippen molar-refractivity contribution in [2.45, 2.75) is 0 Å². The van der Waals surface area contributed by atoms with Crippen molar-refractivity contribution in [1.29, 1.82) is 0 Å². The minimum atomic E-state index is -3.36. The summed E-state index contributed by atoms with van der Waals surface area (Å²) in [6, 6.07) is 4.65. The molecule has 0 spiro atoms. The molecule has 2 rings (SSSR count). The Morgan fingerprint density at radius 2 is 2.11 bits per heavy atom. The Hall–Kier alpha value is -1.76. The number of anilines is 1. The molecule has 1 amide bonds. The van der Waals surface area contributed by atoms with E-state index in [0.29, 0.717) is 30.2 Å². The quantitative estimate of drug-likeness (QED) is 0.850. The van der Waals surface area contributed by atoms with Crippen LogP contribution in [-0.4, -0.2) is 45.7 Å². The van der Waals surface area contributed by atoms with Crippen molar-refractivity contribution in [2.75, 3.05) is 31.2 Å². The molecule has 1 aromatic carbocycles. The monoisotopic (exact) mass is 270 g/mol. The average molecular weight is 270 g/mol. The van der Waals surface area contributed by atoms with Crippen molar-refractivity contribution < 1.29 is 17.9 Å². The SMILES string of the molecule is CN1CCOc2ccc(NS(C)(=O)=O)cc2C1=O. The summed E-state index contributed by atoms with van der Waals surface area (Å²) < 4.78 is 30.1. The molecule has 98 valence electrons. The Balaban J connectivity index is 2.41. The van der Waals surface area contributed by atoms with E-state index in [0.717, 1.165) is 6.26 Å². The summed E-state index contributed by atoms with van der Waals surface area (Å²) in [5, 5.41) is 0. The van der Waals surface area contributed by atoms with E-state index in [2.05, 4.69) is 4.72 Å². The predicted molar refractivity (Wildman–Crippen MR) is 67.4 cm³/mol. The Kier molecular flexibility index (Phi) is 3.16. The lowest BCUT2D eigenvalue weighted by molar-refractivity contribution is 0.0797. The van der Waals surface area contributed by atoms with Gasteiger partial charge in [0, 0.05) is 12.7 Å². The molecule has 0 aromatic heterocycles. The molecule has 7 heteroatoms. The second-order valence-electron chi connectivity index (χ2n) is 4.16. The Bertz CT molecular complexity index is 583. The standard InChI is InChI=1S/C11H14N2O4S/c1-13-5-6-17-10-4-3-8(12-18(2,15)16)7-9(10)11(13)14/h3-4,7,12H,5-6H2,1-2H3. The first-order valence-corrected chi connectivity index (χ1v) is 7.26. The maximum Gasteiger partial charge on any atom is 0.257 e. The van der Waals surface area contributed by atoms with E-state index in [-0.39, 0.29) is 5.91 Å². The molecule has 6 nitrogen and oxygen atoms in total. The summed E-state index contributed by atoms with van der Waals surface area (Å²) in [7, 11) is -1.68. The molecular weight excluding hydrogens is 256 g/mol. The van der Waals surface area contributed by atoms with Gasteiger partial charge in [-0.05, 0) is 18.2 Å². The van der Waals surface area contributed by atoms with Crippen LogP contribution in [0.2, 0.25) is 0 Å². The van der Waals surface area contributed by atoms with Gasteiger partial charge in [-0.1, -0.05) is 0 Å². The summed E-state index contributed by atoms with van der Waals surface area (Å²) >= 11 is 0. The van der Waals surface area contributed by atoms with E-state index in [1.165, 1.54) is 11.0 Å². The largest absolute Gasteiger partial charge is 0.491 e. The van der Waals surface area contributed by atoms with Gasteiger partial charge in [0.15, 0.2) is 0 Å². The molecule has 1 N–H and O–H groups in total. The molecule has 18 heavy (non-hydrogen) atoms. The van der Waals surface area contributed by atoms with Crippen LogP contribution in [0.15, 0.2) is 18.2 Å². The summed E-state index contributed by atoms with van der Waals surface area (Å²) in [6.45, 7) is 0.927. The smallest absolute Gasteiger partial charge is 0.257 e. The van der Waals surface area contributed by atoms with Gasteiger partial charge in [-0.3, -0.25) is 9.52 Å². The van der Waals surface area contributed by atoms with Gasteiger partial charge in [-0.2, -0.15) is 0 Å². The normalized spacial score (nSPS) is 15.7. The molecule has 1 aliphatic rings. The lowest BCUT2D eigenvalue weighted by Gasteiger charge is -2.13. The molecule has 1 aliphatic heterocycles. The first-order valence-electron chi connectivity index (χ1n) is 5.37. The number of nitrogens with zero attached hydrogens (tertiary/aromatic N) is 1. The third kappa shape index (κ3) is 2.73. The van der Waals surface area contributed by atoms with Gasteiger partial charge in [0.25, 0.3) is 5.91 Å². The second kappa shape index (κ2) is 4.49. The zero-order chi connectivity index (χ0) is 13.3. The highest BCUT2D eigenvalue weighted by Crippen LogP contribution is 2.26. The number of likely N-dealkylation sites (N-methyl/N-ethyl adjacent to an activating group) is 1. The highest BCUT2D eigenvalue weighted by atomic mass is 32.2. The fraction of sp³-hybridized carbons (Fsp3) is 0.364. The van der Waals surface area contributed by atoms with Crippen LogP contribution in [0, 0.1) is 0 Å². The summed E-state index contributed by atoms with van der Waals surface area (Å²) in [5.41, 5.74) is 0.715. The maximum absolute atomic E-state index is 12.0. The van der Waals surface area contributed by atoms with Crippen molar-refractivity contribution in [3.05, 3.63) is 23.8 Å². The second-order valence-corrected chi connectivity index (χ2v) is 5.91. The van der Waals surface area contributed by atoms with Crippen LogP contribution in [0.4, 0.5) is 5.69 Å². The molecule has 0 aliphatic carbocycles. The number of sulfonamides is 1. The average Bonchev–Trinajstić information content (AvgIpc) is 2.39. The third-order valence-electron chi connectivity index (χ3n) is 2.54. The minimum absolute atomic E-state index is 0.181.